The second-order valence-electron chi connectivity index (χ2n) is 4.97. The molecule has 0 unspecified atom stereocenters. The van der Waals surface area contributed by atoms with Crippen molar-refractivity contribution in [3.63, 3.8) is 0 Å². The molecular formula is C14H24O2. The van der Waals surface area contributed by atoms with Gasteiger partial charge in [-0.25, -0.2) is 4.79 Å². The lowest BCUT2D eigenvalue weighted by molar-refractivity contribution is -0.131. The summed E-state index contributed by atoms with van der Waals surface area (Å²) < 4.78 is 0. The number of hydrogen-bond donors (Lipinski definition) is 1. The van der Waals surface area contributed by atoms with Gasteiger partial charge in [0, 0.05) is 6.08 Å². The maximum Gasteiger partial charge on any atom is 0.327 e. The largest absolute Gasteiger partial charge is 0.478 e. The highest BCUT2D eigenvalue weighted by molar-refractivity contribution is 5.79. The van der Waals surface area contributed by atoms with E-state index in [-0.39, 0.29) is 0 Å². The average Bonchev–Trinajstić information content (AvgIpc) is 2.28. The zero-order valence-corrected chi connectivity index (χ0v) is 10.3. The van der Waals surface area contributed by atoms with Crippen LogP contribution in [0.5, 0.6) is 0 Å². The Labute approximate surface area is 98.7 Å². The Bertz CT molecular complexity index is 225. The third kappa shape index (κ3) is 5.34. The van der Waals surface area contributed by atoms with E-state index in [1.54, 1.807) is 0 Å². The van der Waals surface area contributed by atoms with Crippen molar-refractivity contribution in [2.24, 2.45) is 11.8 Å². The van der Waals surface area contributed by atoms with Crippen molar-refractivity contribution in [1.82, 2.24) is 0 Å². The topological polar surface area (TPSA) is 37.3 Å². The van der Waals surface area contributed by atoms with Gasteiger partial charge in [0.2, 0.25) is 0 Å². The summed E-state index contributed by atoms with van der Waals surface area (Å²) in [7, 11) is 0. The molecule has 0 aliphatic heterocycles. The minimum absolute atomic E-state index is 0.513. The Morgan fingerprint density at radius 3 is 2.50 bits per heavy atom. The number of carboxylic acid groups (broad SMARTS) is 1. The predicted molar refractivity (Wildman–Crippen MR) is 66.4 cm³/mol. The molecule has 0 radical (unpaired) electrons. The lowest BCUT2D eigenvalue weighted by Crippen LogP contribution is -2.13. The van der Waals surface area contributed by atoms with E-state index in [2.05, 4.69) is 6.92 Å². The van der Waals surface area contributed by atoms with Gasteiger partial charge in [0.25, 0.3) is 0 Å². The summed E-state index contributed by atoms with van der Waals surface area (Å²) in [4.78, 5) is 10.4. The van der Waals surface area contributed by atoms with Gasteiger partial charge in [-0.2, -0.15) is 0 Å². The van der Waals surface area contributed by atoms with Gasteiger partial charge < -0.3 is 5.11 Å². The predicted octanol–water partition coefficient (Wildman–Crippen LogP) is 4.01. The summed E-state index contributed by atoms with van der Waals surface area (Å²) in [5, 5.41) is 8.55. The van der Waals surface area contributed by atoms with E-state index in [4.69, 9.17) is 5.11 Å². The highest BCUT2D eigenvalue weighted by Crippen LogP contribution is 2.32. The standard InChI is InChI=1S/C14H24O2/c1-2-3-4-5-12-6-8-13(9-7-12)10-11-14(15)16/h10-13H,2-9H2,1H3,(H,15,16)/b11-10+/t12-,13-. The van der Waals surface area contributed by atoms with Crippen LogP contribution in [-0.4, -0.2) is 11.1 Å². The lowest BCUT2D eigenvalue weighted by atomic mass is 9.79. The highest BCUT2D eigenvalue weighted by atomic mass is 16.4. The summed E-state index contributed by atoms with van der Waals surface area (Å²) in [5.41, 5.74) is 0. The van der Waals surface area contributed by atoms with Crippen LogP contribution in [0.25, 0.3) is 0 Å². The minimum Gasteiger partial charge on any atom is -0.478 e. The molecule has 0 aromatic heterocycles. The van der Waals surface area contributed by atoms with Gasteiger partial charge in [-0.05, 0) is 37.5 Å². The summed E-state index contributed by atoms with van der Waals surface area (Å²) in [6.07, 6.45) is 13.5. The number of carboxylic acids is 1. The Hall–Kier alpha value is -0.790. The van der Waals surface area contributed by atoms with Gasteiger partial charge in [-0.15, -0.1) is 0 Å². The van der Waals surface area contributed by atoms with E-state index in [1.165, 1.54) is 57.4 Å². The van der Waals surface area contributed by atoms with E-state index in [0.717, 1.165) is 5.92 Å². The quantitative estimate of drug-likeness (QED) is 0.546. The molecule has 1 aliphatic carbocycles. The van der Waals surface area contributed by atoms with Crippen molar-refractivity contribution < 1.29 is 9.90 Å². The molecule has 0 spiro atoms. The Morgan fingerprint density at radius 2 is 1.94 bits per heavy atom. The zero-order valence-electron chi connectivity index (χ0n) is 10.3. The van der Waals surface area contributed by atoms with Crippen LogP contribution in [0, 0.1) is 11.8 Å². The second kappa shape index (κ2) is 7.48. The normalized spacial score (nSPS) is 26.1. The highest BCUT2D eigenvalue weighted by Gasteiger charge is 2.18. The van der Waals surface area contributed by atoms with E-state index < -0.39 is 5.97 Å². The number of unbranched alkanes of at least 4 members (excludes halogenated alkanes) is 2. The maximum atomic E-state index is 10.4. The molecule has 0 bridgehead atoms. The van der Waals surface area contributed by atoms with Gasteiger partial charge in [-0.3, -0.25) is 0 Å². The molecule has 1 N–H and O–H groups in total. The molecule has 0 heterocycles. The summed E-state index contributed by atoms with van der Waals surface area (Å²) in [6, 6.07) is 0. The molecule has 0 atom stereocenters. The average molecular weight is 224 g/mol. The van der Waals surface area contributed by atoms with Crippen molar-refractivity contribution in [3.8, 4) is 0 Å². The Kier molecular flexibility index (Phi) is 6.20. The van der Waals surface area contributed by atoms with Crippen LogP contribution in [0.3, 0.4) is 0 Å². The van der Waals surface area contributed by atoms with E-state index >= 15 is 0 Å². The van der Waals surface area contributed by atoms with Crippen LogP contribution in [0.4, 0.5) is 0 Å². The van der Waals surface area contributed by atoms with Crippen molar-refractivity contribution in [2.75, 3.05) is 0 Å². The van der Waals surface area contributed by atoms with E-state index in [9.17, 15) is 4.79 Å². The maximum absolute atomic E-state index is 10.4. The lowest BCUT2D eigenvalue weighted by Gasteiger charge is -2.26. The number of rotatable bonds is 6. The Balaban J connectivity index is 2.15. The van der Waals surface area contributed by atoms with Crippen LogP contribution in [0.1, 0.15) is 58.3 Å². The minimum atomic E-state index is -0.815. The van der Waals surface area contributed by atoms with Crippen molar-refractivity contribution >= 4 is 5.97 Å². The third-order valence-corrected chi connectivity index (χ3v) is 3.62. The Morgan fingerprint density at radius 1 is 1.25 bits per heavy atom. The molecule has 2 nitrogen and oxygen atoms in total. The fourth-order valence-electron chi connectivity index (χ4n) is 2.57. The molecular weight excluding hydrogens is 200 g/mol. The first-order valence-electron chi connectivity index (χ1n) is 6.63. The van der Waals surface area contributed by atoms with E-state index in [1.807, 2.05) is 6.08 Å². The molecule has 16 heavy (non-hydrogen) atoms. The van der Waals surface area contributed by atoms with Crippen molar-refractivity contribution in [1.29, 1.82) is 0 Å². The number of aliphatic carboxylic acids is 1. The van der Waals surface area contributed by atoms with Crippen LogP contribution >= 0.6 is 0 Å². The first-order chi connectivity index (χ1) is 7.72. The zero-order chi connectivity index (χ0) is 11.8. The van der Waals surface area contributed by atoms with Crippen LogP contribution in [0.2, 0.25) is 0 Å². The van der Waals surface area contributed by atoms with Gasteiger partial charge in [-0.1, -0.05) is 38.7 Å². The molecule has 0 aromatic carbocycles. The summed E-state index contributed by atoms with van der Waals surface area (Å²) >= 11 is 0. The van der Waals surface area contributed by atoms with Gasteiger partial charge in [0.15, 0.2) is 0 Å². The van der Waals surface area contributed by atoms with Gasteiger partial charge in [0.1, 0.15) is 0 Å². The molecule has 1 fully saturated rings. The fraction of sp³-hybridized carbons (Fsp3) is 0.786. The first kappa shape index (κ1) is 13.3. The molecule has 1 aliphatic rings. The number of hydrogen-bond acceptors (Lipinski definition) is 1. The van der Waals surface area contributed by atoms with Crippen LogP contribution in [0.15, 0.2) is 12.2 Å². The summed E-state index contributed by atoms with van der Waals surface area (Å²) in [5.74, 6) is 0.602. The van der Waals surface area contributed by atoms with Crippen molar-refractivity contribution in [3.05, 3.63) is 12.2 Å². The van der Waals surface area contributed by atoms with Gasteiger partial charge in [0.05, 0.1) is 0 Å². The molecule has 92 valence electrons. The SMILES string of the molecule is CCCCC[C@H]1CC[C@H](/C=C/C(=O)O)CC1. The fourth-order valence-corrected chi connectivity index (χ4v) is 2.57. The van der Waals surface area contributed by atoms with Crippen LogP contribution < -0.4 is 0 Å². The third-order valence-electron chi connectivity index (χ3n) is 3.62. The van der Waals surface area contributed by atoms with Crippen LogP contribution in [-0.2, 0) is 4.79 Å². The smallest absolute Gasteiger partial charge is 0.327 e. The molecule has 1 saturated carbocycles. The monoisotopic (exact) mass is 224 g/mol. The molecule has 0 saturated heterocycles. The van der Waals surface area contributed by atoms with E-state index in [0.29, 0.717) is 5.92 Å². The molecule has 0 aromatic rings. The number of carbonyl (C=O) groups is 1. The summed E-state index contributed by atoms with van der Waals surface area (Å²) in [6.45, 7) is 2.24. The second-order valence-corrected chi connectivity index (χ2v) is 4.97. The number of allylic oxidation sites excluding steroid dienone is 1. The first-order valence-corrected chi connectivity index (χ1v) is 6.63. The molecule has 0 amide bonds. The molecule has 1 rings (SSSR count). The van der Waals surface area contributed by atoms with Gasteiger partial charge >= 0.3 is 5.97 Å². The van der Waals surface area contributed by atoms with Crippen molar-refractivity contribution in [2.45, 2.75) is 58.3 Å². The molecule has 2 heteroatoms.